The Balaban J connectivity index is 2.24. The molecular formula is C14H22N4O. The molecule has 2 rings (SSSR count). The largest absolute Gasteiger partial charge is 0.396 e. The second-order valence-electron chi connectivity index (χ2n) is 5.69. The van der Waals surface area contributed by atoms with Gasteiger partial charge in [0.1, 0.15) is 5.82 Å². The molecule has 0 spiro atoms. The van der Waals surface area contributed by atoms with E-state index in [-0.39, 0.29) is 11.8 Å². The zero-order chi connectivity index (χ0) is 14.0. The van der Waals surface area contributed by atoms with Gasteiger partial charge < -0.3 is 10.6 Å². The summed E-state index contributed by atoms with van der Waals surface area (Å²) in [6, 6.07) is 0. The number of nitrogen functional groups attached to an aromatic ring is 1. The van der Waals surface area contributed by atoms with E-state index < -0.39 is 0 Å². The molecule has 0 aromatic carbocycles. The minimum absolute atomic E-state index is 0.0617. The molecule has 1 saturated heterocycles. The monoisotopic (exact) mass is 262 g/mol. The van der Waals surface area contributed by atoms with Crippen molar-refractivity contribution in [2.75, 3.05) is 18.8 Å². The van der Waals surface area contributed by atoms with E-state index >= 15 is 0 Å². The Morgan fingerprint density at radius 2 is 2.26 bits per heavy atom. The fraction of sp³-hybridized carbons (Fsp3) is 0.643. The summed E-state index contributed by atoms with van der Waals surface area (Å²) in [4.78, 5) is 22.9. The second kappa shape index (κ2) is 5.55. The van der Waals surface area contributed by atoms with E-state index in [4.69, 9.17) is 5.73 Å². The number of carbonyl (C=O) groups is 1. The van der Waals surface area contributed by atoms with E-state index in [1.807, 2.05) is 18.7 Å². The van der Waals surface area contributed by atoms with Gasteiger partial charge in [0.25, 0.3) is 5.91 Å². The van der Waals surface area contributed by atoms with Crippen LogP contribution < -0.4 is 5.73 Å². The van der Waals surface area contributed by atoms with E-state index in [9.17, 15) is 4.79 Å². The van der Waals surface area contributed by atoms with Crippen molar-refractivity contribution in [1.82, 2.24) is 14.9 Å². The Labute approximate surface area is 114 Å². The first-order chi connectivity index (χ1) is 8.99. The van der Waals surface area contributed by atoms with Crippen LogP contribution in [0.5, 0.6) is 0 Å². The maximum absolute atomic E-state index is 12.5. The highest BCUT2D eigenvalue weighted by Gasteiger charge is 2.25. The number of nitrogens with two attached hydrogens (primary N) is 1. The summed E-state index contributed by atoms with van der Waals surface area (Å²) in [6.07, 6.45) is 3.78. The molecule has 19 heavy (non-hydrogen) atoms. The van der Waals surface area contributed by atoms with Crippen molar-refractivity contribution in [2.45, 2.75) is 39.5 Å². The van der Waals surface area contributed by atoms with Crippen molar-refractivity contribution in [3.8, 4) is 0 Å². The summed E-state index contributed by atoms with van der Waals surface area (Å²) in [5, 5.41) is 0. The molecule has 1 aromatic rings. The van der Waals surface area contributed by atoms with Crippen LogP contribution in [0, 0.1) is 5.92 Å². The molecule has 1 aliphatic heterocycles. The van der Waals surface area contributed by atoms with E-state index in [2.05, 4.69) is 16.9 Å². The lowest BCUT2D eigenvalue weighted by atomic mass is 10.00. The van der Waals surface area contributed by atoms with Crippen LogP contribution in [0.4, 0.5) is 5.69 Å². The van der Waals surface area contributed by atoms with Gasteiger partial charge in [-0.15, -0.1) is 0 Å². The summed E-state index contributed by atoms with van der Waals surface area (Å²) in [6.45, 7) is 7.76. The lowest BCUT2D eigenvalue weighted by Gasteiger charge is -2.31. The summed E-state index contributed by atoms with van der Waals surface area (Å²) < 4.78 is 0. The van der Waals surface area contributed by atoms with E-state index in [0.29, 0.717) is 23.1 Å². The SMILES string of the molecule is CC1CCCN(C(=O)c2nc(C(C)C)ncc2N)C1. The van der Waals surface area contributed by atoms with E-state index in [1.54, 1.807) is 6.20 Å². The van der Waals surface area contributed by atoms with Crippen LogP contribution in [-0.4, -0.2) is 33.9 Å². The fourth-order valence-corrected chi connectivity index (χ4v) is 2.38. The Hall–Kier alpha value is -1.65. The van der Waals surface area contributed by atoms with E-state index in [0.717, 1.165) is 19.5 Å². The first-order valence-corrected chi connectivity index (χ1v) is 6.90. The Bertz CT molecular complexity index is 473. The molecule has 0 radical (unpaired) electrons. The van der Waals surface area contributed by atoms with Gasteiger partial charge in [0.15, 0.2) is 5.69 Å². The Morgan fingerprint density at radius 1 is 1.53 bits per heavy atom. The van der Waals surface area contributed by atoms with Gasteiger partial charge >= 0.3 is 0 Å². The molecule has 1 unspecified atom stereocenters. The van der Waals surface area contributed by atoms with Gasteiger partial charge in [-0.25, -0.2) is 9.97 Å². The molecule has 2 N–H and O–H groups in total. The predicted molar refractivity (Wildman–Crippen MR) is 74.8 cm³/mol. The minimum Gasteiger partial charge on any atom is -0.396 e. The zero-order valence-electron chi connectivity index (χ0n) is 11.9. The molecule has 0 aliphatic carbocycles. The molecule has 1 fully saturated rings. The number of aromatic nitrogens is 2. The summed E-state index contributed by atoms with van der Waals surface area (Å²) in [5.74, 6) is 1.34. The van der Waals surface area contributed by atoms with Crippen LogP contribution >= 0.6 is 0 Å². The zero-order valence-corrected chi connectivity index (χ0v) is 11.9. The lowest BCUT2D eigenvalue weighted by Crippen LogP contribution is -2.40. The predicted octanol–water partition coefficient (Wildman–Crippen LogP) is 2.05. The van der Waals surface area contributed by atoms with Crippen LogP contribution in [0.3, 0.4) is 0 Å². The first kappa shape index (κ1) is 13.8. The third-order valence-electron chi connectivity index (χ3n) is 3.50. The maximum Gasteiger partial charge on any atom is 0.274 e. The number of carbonyl (C=O) groups excluding carboxylic acids is 1. The number of hydrogen-bond donors (Lipinski definition) is 1. The van der Waals surface area contributed by atoms with Crippen molar-refractivity contribution in [1.29, 1.82) is 0 Å². The van der Waals surface area contributed by atoms with Gasteiger partial charge in [0, 0.05) is 19.0 Å². The minimum atomic E-state index is -0.0617. The van der Waals surface area contributed by atoms with Crippen LogP contribution in [0.2, 0.25) is 0 Å². The molecule has 104 valence electrons. The van der Waals surface area contributed by atoms with Gasteiger partial charge in [-0.2, -0.15) is 0 Å². The third kappa shape index (κ3) is 3.03. The quantitative estimate of drug-likeness (QED) is 0.885. The van der Waals surface area contributed by atoms with Crippen LogP contribution in [0.15, 0.2) is 6.20 Å². The van der Waals surface area contributed by atoms with Gasteiger partial charge in [-0.3, -0.25) is 4.79 Å². The number of rotatable bonds is 2. The van der Waals surface area contributed by atoms with Crippen molar-refractivity contribution in [2.24, 2.45) is 5.92 Å². The molecule has 1 aliphatic rings. The summed E-state index contributed by atoms with van der Waals surface area (Å²) in [5.41, 5.74) is 6.58. The highest BCUT2D eigenvalue weighted by molar-refractivity contribution is 5.97. The number of likely N-dealkylation sites (tertiary alicyclic amines) is 1. The first-order valence-electron chi connectivity index (χ1n) is 6.90. The van der Waals surface area contributed by atoms with Crippen LogP contribution in [0.25, 0.3) is 0 Å². The van der Waals surface area contributed by atoms with Gasteiger partial charge in [-0.1, -0.05) is 20.8 Å². The maximum atomic E-state index is 12.5. The van der Waals surface area contributed by atoms with Crippen LogP contribution in [-0.2, 0) is 0 Å². The third-order valence-corrected chi connectivity index (χ3v) is 3.50. The number of anilines is 1. The Morgan fingerprint density at radius 3 is 2.89 bits per heavy atom. The van der Waals surface area contributed by atoms with Crippen molar-refractivity contribution in [3.63, 3.8) is 0 Å². The lowest BCUT2D eigenvalue weighted by molar-refractivity contribution is 0.0677. The standard InChI is InChI=1S/C14H22N4O/c1-9(2)13-16-7-11(15)12(17-13)14(19)18-6-4-5-10(3)8-18/h7,9-10H,4-6,8,15H2,1-3H3. The normalized spacial score (nSPS) is 19.8. The van der Waals surface area contributed by atoms with Crippen molar-refractivity contribution < 1.29 is 4.79 Å². The highest BCUT2D eigenvalue weighted by Crippen LogP contribution is 2.20. The molecule has 1 atom stereocenters. The molecule has 1 amide bonds. The number of hydrogen-bond acceptors (Lipinski definition) is 4. The molecule has 1 aromatic heterocycles. The number of amides is 1. The number of nitrogens with zero attached hydrogens (tertiary/aromatic N) is 3. The topological polar surface area (TPSA) is 72.1 Å². The average Bonchev–Trinajstić information content (AvgIpc) is 2.38. The summed E-state index contributed by atoms with van der Waals surface area (Å²) in [7, 11) is 0. The highest BCUT2D eigenvalue weighted by atomic mass is 16.2. The van der Waals surface area contributed by atoms with Gasteiger partial charge in [-0.05, 0) is 18.8 Å². The molecule has 5 heteroatoms. The number of piperidine rings is 1. The molecule has 2 heterocycles. The molecule has 0 saturated carbocycles. The Kier molecular flexibility index (Phi) is 4.02. The molecule has 0 bridgehead atoms. The molecule has 5 nitrogen and oxygen atoms in total. The summed E-state index contributed by atoms with van der Waals surface area (Å²) >= 11 is 0. The van der Waals surface area contributed by atoms with Gasteiger partial charge in [0.05, 0.1) is 11.9 Å². The fourth-order valence-electron chi connectivity index (χ4n) is 2.38. The molecular weight excluding hydrogens is 240 g/mol. The smallest absolute Gasteiger partial charge is 0.274 e. The van der Waals surface area contributed by atoms with Crippen LogP contribution in [0.1, 0.15) is 55.8 Å². The average molecular weight is 262 g/mol. The second-order valence-corrected chi connectivity index (χ2v) is 5.69. The van der Waals surface area contributed by atoms with E-state index in [1.165, 1.54) is 6.42 Å². The van der Waals surface area contributed by atoms with Crippen molar-refractivity contribution >= 4 is 11.6 Å². The van der Waals surface area contributed by atoms with Crippen molar-refractivity contribution in [3.05, 3.63) is 17.7 Å². The van der Waals surface area contributed by atoms with Gasteiger partial charge in [0.2, 0.25) is 0 Å².